The van der Waals surface area contributed by atoms with Gasteiger partial charge in [0.05, 0.1) is 49.7 Å². The van der Waals surface area contributed by atoms with Crippen LogP contribution in [0.25, 0.3) is 22.1 Å². The number of benzene rings is 2. The summed E-state index contributed by atoms with van der Waals surface area (Å²) in [7, 11) is 1.47. The van der Waals surface area contributed by atoms with Gasteiger partial charge in [0.25, 0.3) is 11.8 Å². The fourth-order valence-corrected chi connectivity index (χ4v) is 7.72. The van der Waals surface area contributed by atoms with E-state index in [9.17, 15) is 19.2 Å². The van der Waals surface area contributed by atoms with Crippen molar-refractivity contribution in [2.75, 3.05) is 57.2 Å². The number of hydrogen-bond acceptors (Lipinski definition) is 12. The van der Waals surface area contributed by atoms with E-state index in [0.717, 1.165) is 25.3 Å². The summed E-state index contributed by atoms with van der Waals surface area (Å²) in [6, 6.07) is 7.66. The number of aromatic nitrogens is 6. The number of anilines is 2. The normalized spacial score (nSPS) is 15.3. The summed E-state index contributed by atoms with van der Waals surface area (Å²) in [5.74, 6) is -0.976. The fraction of sp³-hybridized carbons (Fsp3) is 0.409. The molecule has 1 unspecified atom stereocenters. The lowest BCUT2D eigenvalue weighted by Gasteiger charge is -2.26. The van der Waals surface area contributed by atoms with Crippen LogP contribution < -0.4 is 31.6 Å². The van der Waals surface area contributed by atoms with Gasteiger partial charge in [-0.05, 0) is 70.0 Å². The number of morpholine rings is 1. The van der Waals surface area contributed by atoms with Gasteiger partial charge < -0.3 is 34.8 Å². The first-order valence-electron chi connectivity index (χ1n) is 20.6. The number of nitrogens with zero attached hydrogens (tertiary/aromatic N) is 8. The molecule has 1 saturated heterocycles. The van der Waals surface area contributed by atoms with Gasteiger partial charge in [-0.15, -0.1) is 0 Å². The molecule has 0 saturated carbocycles. The molecule has 5 heterocycles. The summed E-state index contributed by atoms with van der Waals surface area (Å²) < 4.78 is 22.7. The minimum absolute atomic E-state index is 0. The molecule has 2 aliphatic heterocycles. The Bertz CT molecular complexity index is 2630. The number of allylic oxidation sites excluding steroid dienone is 3. The van der Waals surface area contributed by atoms with E-state index in [-0.39, 0.29) is 55.5 Å². The highest BCUT2D eigenvalue weighted by Crippen LogP contribution is 2.33. The van der Waals surface area contributed by atoms with Crippen molar-refractivity contribution in [3.63, 3.8) is 0 Å². The van der Waals surface area contributed by atoms with E-state index >= 15 is 0 Å². The predicted octanol–water partition coefficient (Wildman–Crippen LogP) is 4.48. The van der Waals surface area contributed by atoms with Crippen LogP contribution in [0.5, 0.6) is 11.5 Å². The number of ether oxygens (including phenoxy) is 3. The van der Waals surface area contributed by atoms with Crippen molar-refractivity contribution < 1.29 is 33.4 Å². The number of aryl methyl sites for hydroxylation is 2. The number of imidazole rings is 2. The third-order valence-electron chi connectivity index (χ3n) is 10.7. The zero-order valence-corrected chi connectivity index (χ0v) is 35.6. The number of hydrogen-bond donors (Lipinski definition) is 4. The number of rotatable bonds is 18. The zero-order chi connectivity index (χ0) is 44.1. The molecule has 6 N–H and O–H groups in total. The van der Waals surface area contributed by atoms with E-state index in [1.165, 1.54) is 13.2 Å². The lowest BCUT2D eigenvalue weighted by Crippen LogP contribution is -2.37. The molecule has 1 fully saturated rings. The van der Waals surface area contributed by atoms with Gasteiger partial charge in [0.1, 0.15) is 28.2 Å². The molecule has 1 atom stereocenters. The van der Waals surface area contributed by atoms with Gasteiger partial charge in [-0.1, -0.05) is 26.5 Å². The predicted molar refractivity (Wildman–Crippen MR) is 241 cm³/mol. The van der Waals surface area contributed by atoms with Gasteiger partial charge in [-0.3, -0.25) is 44.4 Å². The second-order valence-electron chi connectivity index (χ2n) is 15.0. The molecule has 19 heteroatoms. The zero-order valence-electron chi connectivity index (χ0n) is 35.6. The number of fused-ring (bicyclic) bond motifs is 2. The summed E-state index contributed by atoms with van der Waals surface area (Å²) in [6.45, 7) is 12.6. The number of nitrogens with two attached hydrogens (primary N) is 2. The number of methoxy groups -OCH3 is 1. The van der Waals surface area contributed by atoms with Gasteiger partial charge in [0, 0.05) is 61.7 Å². The molecule has 7 rings (SSSR count). The summed E-state index contributed by atoms with van der Waals surface area (Å²) in [4.78, 5) is 68.7. The Kier molecular flexibility index (Phi) is 14.4. The lowest BCUT2D eigenvalue weighted by molar-refractivity contribution is -0.113. The molecule has 2 aromatic carbocycles. The molecular weight excluding hydrogens is 809 g/mol. The first-order chi connectivity index (χ1) is 29.9. The first kappa shape index (κ1) is 45.7. The standard InChI is InChI=1S/C43H52N12O7.CH4/c1-6-30-29(19-25(3)46-30)40(58)49-42-47-31-21-27(38(44)56)23-34(60-5)36(31)53(42)12-8-9-13-54-37-32(48-43(54)50-41(59)33-20-26(4)51-55(33)7-2)22-28(39(45)57)24-35(37)62-16-10-11-52-14-17-61-18-15-52;/h8-9,19-24,30H,6-7,10-18H2,1-5H3,(H2,44,56)(H2,45,57)(H,47,49,58)(H,48,50,59);1H4/b9-8+;. The number of aliphatic imine (C=N–C) groups is 1. The third-order valence-corrected chi connectivity index (χ3v) is 10.7. The van der Waals surface area contributed by atoms with Crippen LogP contribution in [0.2, 0.25) is 0 Å². The van der Waals surface area contributed by atoms with Gasteiger partial charge in [0.2, 0.25) is 23.7 Å². The Balaban J connectivity index is 0.00000661. The van der Waals surface area contributed by atoms with E-state index in [1.54, 1.807) is 44.2 Å². The van der Waals surface area contributed by atoms with E-state index in [1.807, 2.05) is 39.8 Å². The average molecular weight is 865 g/mol. The van der Waals surface area contributed by atoms with E-state index < -0.39 is 17.7 Å². The smallest absolute Gasteiger partial charge is 0.276 e. The first-order valence-corrected chi connectivity index (χ1v) is 20.6. The summed E-state index contributed by atoms with van der Waals surface area (Å²) >= 11 is 0. The monoisotopic (exact) mass is 864 g/mol. The van der Waals surface area contributed by atoms with Crippen molar-refractivity contribution in [2.45, 2.75) is 73.6 Å². The van der Waals surface area contributed by atoms with Crippen LogP contribution in [0.4, 0.5) is 11.9 Å². The van der Waals surface area contributed by atoms with Crippen LogP contribution in [-0.2, 0) is 29.2 Å². The third kappa shape index (κ3) is 9.94. The van der Waals surface area contributed by atoms with E-state index in [4.69, 9.17) is 35.6 Å². The largest absolute Gasteiger partial charge is 0.494 e. The number of primary amides is 2. The topological polar surface area (TPSA) is 241 Å². The Morgan fingerprint density at radius 2 is 1.44 bits per heavy atom. The number of amides is 4. The summed E-state index contributed by atoms with van der Waals surface area (Å²) in [6.07, 6.45) is 6.85. The van der Waals surface area contributed by atoms with Crippen LogP contribution in [-0.4, -0.2) is 116 Å². The molecule has 63 heavy (non-hydrogen) atoms. The number of carbonyl (C=O) groups is 4. The van der Waals surface area contributed by atoms with Crippen molar-refractivity contribution in [1.82, 2.24) is 33.8 Å². The number of nitrogens with one attached hydrogen (secondary N) is 2. The molecule has 4 amide bonds. The van der Waals surface area contributed by atoms with Crippen LogP contribution in [0, 0.1) is 6.92 Å². The minimum atomic E-state index is -0.659. The maximum atomic E-state index is 13.8. The van der Waals surface area contributed by atoms with Gasteiger partial charge in [0.15, 0.2) is 0 Å². The van der Waals surface area contributed by atoms with Crippen molar-refractivity contribution in [1.29, 1.82) is 0 Å². The van der Waals surface area contributed by atoms with Crippen molar-refractivity contribution in [3.05, 3.63) is 76.6 Å². The van der Waals surface area contributed by atoms with Crippen molar-refractivity contribution in [2.24, 2.45) is 16.5 Å². The summed E-state index contributed by atoms with van der Waals surface area (Å²) in [5.41, 5.74) is 16.0. The maximum absolute atomic E-state index is 13.8. The quantitative estimate of drug-likeness (QED) is 0.0707. The van der Waals surface area contributed by atoms with Crippen molar-refractivity contribution in [3.8, 4) is 11.5 Å². The minimum Gasteiger partial charge on any atom is -0.494 e. The molecule has 5 aromatic rings. The molecule has 19 nitrogen and oxygen atoms in total. The molecule has 0 radical (unpaired) electrons. The highest BCUT2D eigenvalue weighted by atomic mass is 16.5. The molecule has 0 bridgehead atoms. The molecule has 0 spiro atoms. The molecule has 3 aromatic heterocycles. The second kappa shape index (κ2) is 19.9. The SMILES string of the molecule is C.CCC1N=C(C)C=C1C(=O)Nc1nc2cc(C(N)=O)cc(OC)c2n1C/C=C/Cn1c(NC(=O)c2cc(C)nn2CC)nc2cc(C(N)=O)cc(OCCCN3CCOCC3)c21. The Labute approximate surface area is 365 Å². The van der Waals surface area contributed by atoms with E-state index in [2.05, 4.69) is 25.6 Å². The Hall–Kier alpha value is -6.86. The molecular formula is C44H56N12O7. The fourth-order valence-electron chi connectivity index (χ4n) is 7.72. The van der Waals surface area contributed by atoms with Gasteiger partial charge in [-0.2, -0.15) is 5.10 Å². The van der Waals surface area contributed by atoms with Crippen LogP contribution >= 0.6 is 0 Å². The second-order valence-corrected chi connectivity index (χ2v) is 15.0. The lowest BCUT2D eigenvalue weighted by atomic mass is 10.1. The van der Waals surface area contributed by atoms with E-state index in [0.29, 0.717) is 89.7 Å². The van der Waals surface area contributed by atoms with Crippen LogP contribution in [0.1, 0.15) is 77.9 Å². The van der Waals surface area contributed by atoms with Crippen molar-refractivity contribution >= 4 is 63.3 Å². The Morgan fingerprint density at radius 1 is 0.857 bits per heavy atom. The average Bonchev–Trinajstić information content (AvgIpc) is 4.03. The molecule has 2 aliphatic rings. The summed E-state index contributed by atoms with van der Waals surface area (Å²) in [5, 5.41) is 10.4. The molecule has 334 valence electrons. The molecule has 0 aliphatic carbocycles. The number of carbonyl (C=O) groups excluding carboxylic acids is 4. The van der Waals surface area contributed by atoms with Crippen LogP contribution in [0.15, 0.2) is 59.1 Å². The maximum Gasteiger partial charge on any atom is 0.276 e. The highest BCUT2D eigenvalue weighted by Gasteiger charge is 2.27. The van der Waals surface area contributed by atoms with Gasteiger partial charge >= 0.3 is 0 Å². The van der Waals surface area contributed by atoms with Crippen LogP contribution in [0.3, 0.4) is 0 Å². The Morgan fingerprint density at radius 3 is 2.02 bits per heavy atom. The van der Waals surface area contributed by atoms with Gasteiger partial charge in [-0.25, -0.2) is 9.97 Å². The highest BCUT2D eigenvalue weighted by molar-refractivity contribution is 6.12.